The molecule has 0 aliphatic rings. The Morgan fingerprint density at radius 1 is 1.39 bits per heavy atom. The number of benzene rings is 1. The molecule has 1 unspecified atom stereocenters. The van der Waals surface area contributed by atoms with Crippen LogP contribution in [0, 0.1) is 5.82 Å². The van der Waals surface area contributed by atoms with Crippen LogP contribution in [0.5, 0.6) is 0 Å². The van der Waals surface area contributed by atoms with E-state index in [2.05, 4.69) is 12.2 Å². The topological polar surface area (TPSA) is 55.1 Å². The number of nitrogens with one attached hydrogen (secondary N) is 1. The van der Waals surface area contributed by atoms with Crippen LogP contribution in [-0.2, 0) is 11.2 Å². The molecule has 3 nitrogen and oxygen atoms in total. The predicted octanol–water partition coefficient (Wildman–Crippen LogP) is 2.00. The molecule has 1 rings (SSSR count). The van der Waals surface area contributed by atoms with Crippen molar-refractivity contribution < 1.29 is 9.18 Å². The Balaban J connectivity index is 2.24. The molecule has 0 fully saturated rings. The summed E-state index contributed by atoms with van der Waals surface area (Å²) >= 11 is 0. The Bertz CT molecular complexity index is 365. The molecule has 3 N–H and O–H groups in total. The second-order valence-corrected chi connectivity index (χ2v) is 4.42. The molecule has 1 aromatic carbocycles. The molecule has 0 spiro atoms. The minimum atomic E-state index is -0.418. The van der Waals surface area contributed by atoms with Gasteiger partial charge in [-0.1, -0.05) is 31.9 Å². The first kappa shape index (κ1) is 14.6. The van der Waals surface area contributed by atoms with Crippen molar-refractivity contribution in [1.29, 1.82) is 0 Å². The van der Waals surface area contributed by atoms with Crippen LogP contribution in [0.2, 0.25) is 0 Å². The summed E-state index contributed by atoms with van der Waals surface area (Å²) in [4.78, 5) is 11.6. The normalized spacial score (nSPS) is 12.2. The zero-order chi connectivity index (χ0) is 13.4. The lowest BCUT2D eigenvalue weighted by atomic mass is 10.1. The van der Waals surface area contributed by atoms with Crippen molar-refractivity contribution in [2.75, 3.05) is 6.54 Å². The first-order valence-corrected chi connectivity index (χ1v) is 6.41. The molecule has 4 heteroatoms. The maximum absolute atomic E-state index is 12.7. The van der Waals surface area contributed by atoms with Crippen LogP contribution >= 0.6 is 0 Å². The Morgan fingerprint density at radius 3 is 2.67 bits per heavy atom. The molecular weight excluding hydrogens is 231 g/mol. The summed E-state index contributed by atoms with van der Waals surface area (Å²) in [6, 6.07) is 5.86. The van der Waals surface area contributed by atoms with Crippen LogP contribution in [0.4, 0.5) is 4.39 Å². The standard InChI is InChI=1S/C14H21FN2O/c1-2-3-4-13(16)14(18)17-10-9-11-5-7-12(15)8-6-11/h5-8,13H,2-4,9-10,16H2,1H3,(H,17,18). The molecule has 0 radical (unpaired) electrons. The highest BCUT2D eigenvalue weighted by Gasteiger charge is 2.11. The quantitative estimate of drug-likeness (QED) is 0.780. The molecule has 1 amide bonds. The smallest absolute Gasteiger partial charge is 0.236 e. The average Bonchev–Trinajstić information content (AvgIpc) is 2.38. The van der Waals surface area contributed by atoms with E-state index in [9.17, 15) is 9.18 Å². The number of unbranched alkanes of at least 4 members (excludes halogenated alkanes) is 1. The van der Waals surface area contributed by atoms with Gasteiger partial charge < -0.3 is 11.1 Å². The third-order valence-electron chi connectivity index (χ3n) is 2.83. The molecular formula is C14H21FN2O. The molecule has 0 saturated heterocycles. The summed E-state index contributed by atoms with van der Waals surface area (Å²) in [5.74, 6) is -0.352. The van der Waals surface area contributed by atoms with Crippen LogP contribution in [0.25, 0.3) is 0 Å². The van der Waals surface area contributed by atoms with Crippen LogP contribution in [0.15, 0.2) is 24.3 Å². The van der Waals surface area contributed by atoms with Gasteiger partial charge in [0.05, 0.1) is 6.04 Å². The Hall–Kier alpha value is -1.42. The van der Waals surface area contributed by atoms with Gasteiger partial charge >= 0.3 is 0 Å². The lowest BCUT2D eigenvalue weighted by molar-refractivity contribution is -0.122. The van der Waals surface area contributed by atoms with Crippen LogP contribution in [-0.4, -0.2) is 18.5 Å². The van der Waals surface area contributed by atoms with Gasteiger partial charge in [0.15, 0.2) is 0 Å². The van der Waals surface area contributed by atoms with Gasteiger partial charge in [-0.15, -0.1) is 0 Å². The van der Waals surface area contributed by atoms with E-state index in [-0.39, 0.29) is 11.7 Å². The molecule has 18 heavy (non-hydrogen) atoms. The minimum Gasteiger partial charge on any atom is -0.354 e. The van der Waals surface area contributed by atoms with Crippen LogP contribution in [0.1, 0.15) is 31.7 Å². The highest BCUT2D eigenvalue weighted by Crippen LogP contribution is 2.03. The van der Waals surface area contributed by atoms with Gasteiger partial charge in [0.2, 0.25) is 5.91 Å². The van der Waals surface area contributed by atoms with Gasteiger partial charge in [-0.25, -0.2) is 4.39 Å². The summed E-state index contributed by atoms with van der Waals surface area (Å²) in [7, 11) is 0. The number of nitrogens with two attached hydrogens (primary N) is 1. The highest BCUT2D eigenvalue weighted by molar-refractivity contribution is 5.81. The van der Waals surface area contributed by atoms with Gasteiger partial charge in [-0.05, 0) is 30.5 Å². The third kappa shape index (κ3) is 5.27. The Labute approximate surface area is 108 Å². The zero-order valence-corrected chi connectivity index (χ0v) is 10.8. The largest absolute Gasteiger partial charge is 0.354 e. The summed E-state index contributed by atoms with van der Waals surface area (Å²) in [5, 5.41) is 2.80. The lowest BCUT2D eigenvalue weighted by Gasteiger charge is -2.11. The number of hydrogen-bond donors (Lipinski definition) is 2. The average molecular weight is 252 g/mol. The van der Waals surface area contributed by atoms with Crippen molar-refractivity contribution in [3.05, 3.63) is 35.6 Å². The highest BCUT2D eigenvalue weighted by atomic mass is 19.1. The van der Waals surface area contributed by atoms with Gasteiger partial charge in [-0.3, -0.25) is 4.79 Å². The number of rotatable bonds is 7. The first-order chi connectivity index (χ1) is 8.63. The van der Waals surface area contributed by atoms with Crippen molar-refractivity contribution in [3.8, 4) is 0 Å². The Kier molecular flexibility index (Phi) is 6.36. The number of carbonyl (C=O) groups is 1. The van der Waals surface area contributed by atoms with Gasteiger partial charge in [0.1, 0.15) is 5.82 Å². The molecule has 1 aromatic rings. The monoisotopic (exact) mass is 252 g/mol. The van der Waals surface area contributed by atoms with E-state index < -0.39 is 6.04 Å². The molecule has 0 saturated carbocycles. The van der Waals surface area contributed by atoms with E-state index in [0.29, 0.717) is 13.0 Å². The van der Waals surface area contributed by atoms with E-state index >= 15 is 0 Å². The second kappa shape index (κ2) is 7.82. The zero-order valence-electron chi connectivity index (χ0n) is 10.8. The predicted molar refractivity (Wildman–Crippen MR) is 70.6 cm³/mol. The number of hydrogen-bond acceptors (Lipinski definition) is 2. The van der Waals surface area contributed by atoms with Crippen molar-refractivity contribution in [2.24, 2.45) is 5.73 Å². The number of halogens is 1. The van der Waals surface area contributed by atoms with Gasteiger partial charge in [0.25, 0.3) is 0 Å². The summed E-state index contributed by atoms with van der Waals surface area (Å²) in [5.41, 5.74) is 6.74. The lowest BCUT2D eigenvalue weighted by Crippen LogP contribution is -2.41. The number of amides is 1. The molecule has 0 aromatic heterocycles. The second-order valence-electron chi connectivity index (χ2n) is 4.42. The van der Waals surface area contributed by atoms with E-state index in [0.717, 1.165) is 24.8 Å². The molecule has 1 atom stereocenters. The fourth-order valence-electron chi connectivity index (χ4n) is 1.67. The van der Waals surface area contributed by atoms with Crippen LogP contribution in [0.3, 0.4) is 0 Å². The summed E-state index contributed by atoms with van der Waals surface area (Å²) in [6.45, 7) is 2.60. The molecule has 0 heterocycles. The Morgan fingerprint density at radius 2 is 2.06 bits per heavy atom. The van der Waals surface area contributed by atoms with Crippen molar-refractivity contribution in [3.63, 3.8) is 0 Å². The maximum Gasteiger partial charge on any atom is 0.236 e. The molecule has 0 bridgehead atoms. The van der Waals surface area contributed by atoms with Gasteiger partial charge in [-0.2, -0.15) is 0 Å². The van der Waals surface area contributed by atoms with Crippen LogP contribution < -0.4 is 11.1 Å². The fraction of sp³-hybridized carbons (Fsp3) is 0.500. The number of carbonyl (C=O) groups excluding carboxylic acids is 1. The maximum atomic E-state index is 12.7. The molecule has 0 aliphatic heterocycles. The first-order valence-electron chi connectivity index (χ1n) is 6.41. The van der Waals surface area contributed by atoms with E-state index in [1.54, 1.807) is 12.1 Å². The fourth-order valence-corrected chi connectivity index (χ4v) is 1.67. The molecule has 0 aliphatic carbocycles. The summed E-state index contributed by atoms with van der Waals surface area (Å²) in [6.07, 6.45) is 3.41. The van der Waals surface area contributed by atoms with E-state index in [4.69, 9.17) is 5.73 Å². The minimum absolute atomic E-state index is 0.106. The summed E-state index contributed by atoms with van der Waals surface area (Å²) < 4.78 is 12.7. The van der Waals surface area contributed by atoms with Crippen molar-refractivity contribution >= 4 is 5.91 Å². The van der Waals surface area contributed by atoms with Gasteiger partial charge in [0, 0.05) is 6.54 Å². The van der Waals surface area contributed by atoms with E-state index in [1.807, 2.05) is 0 Å². The molecule has 100 valence electrons. The van der Waals surface area contributed by atoms with E-state index in [1.165, 1.54) is 12.1 Å². The van der Waals surface area contributed by atoms with Crippen molar-refractivity contribution in [1.82, 2.24) is 5.32 Å². The van der Waals surface area contributed by atoms with Crippen molar-refractivity contribution in [2.45, 2.75) is 38.6 Å². The third-order valence-corrected chi connectivity index (χ3v) is 2.83. The SMILES string of the molecule is CCCCC(N)C(=O)NCCc1ccc(F)cc1.